The van der Waals surface area contributed by atoms with Crippen molar-refractivity contribution < 1.29 is 68.2 Å². The molecule has 0 aliphatic rings. The Hall–Kier alpha value is -1.95. The predicted molar refractivity (Wildman–Crippen MR) is 147 cm³/mol. The maximum Gasteiger partial charge on any atom is 1.00 e. The van der Waals surface area contributed by atoms with Gasteiger partial charge in [0.1, 0.15) is 23.6 Å². The van der Waals surface area contributed by atoms with E-state index in [1.54, 1.807) is 0 Å². The SMILES string of the molecule is C.C.C.C.C.C.CNC(CCC(=O)C(=O)[O-])C(=O)NC(CCC(C)=O)C(=O)NC(CCC(C)=O)C(C)=O.[Na+]. The second kappa shape index (κ2) is 29.6. The third kappa shape index (κ3) is 24.4. The molecule has 0 radical (unpaired) electrons. The molecule has 2 amide bonds. The van der Waals surface area contributed by atoms with E-state index in [9.17, 15) is 38.7 Å². The Kier molecular flexibility index (Phi) is 43.9. The van der Waals surface area contributed by atoms with Gasteiger partial charge in [-0.1, -0.05) is 44.6 Å². The first kappa shape index (κ1) is 56.3. The number of amides is 2. The fraction of sp³-hybridized carbons (Fsp3) is 0.731. The van der Waals surface area contributed by atoms with E-state index < -0.39 is 48.1 Å². The van der Waals surface area contributed by atoms with Crippen LogP contribution >= 0.6 is 0 Å². The van der Waals surface area contributed by atoms with Crippen LogP contribution in [0.15, 0.2) is 0 Å². The number of carbonyl (C=O) groups excluding carboxylic acids is 7. The third-order valence-electron chi connectivity index (χ3n) is 4.56. The number of hydrogen-bond donors (Lipinski definition) is 3. The number of hydrogen-bond acceptors (Lipinski definition) is 9. The smallest absolute Gasteiger partial charge is 0.542 e. The molecule has 0 aromatic rings. The molecule has 0 spiro atoms. The van der Waals surface area contributed by atoms with Crippen molar-refractivity contribution in [3.05, 3.63) is 0 Å². The summed E-state index contributed by atoms with van der Waals surface area (Å²) in [7, 11) is 1.42. The fourth-order valence-corrected chi connectivity index (χ4v) is 2.67. The van der Waals surface area contributed by atoms with Gasteiger partial charge in [-0.25, -0.2) is 0 Å². The minimum atomic E-state index is -1.85. The van der Waals surface area contributed by atoms with E-state index in [1.165, 1.54) is 27.8 Å². The van der Waals surface area contributed by atoms with Crippen LogP contribution in [-0.4, -0.2) is 66.1 Å². The zero-order valence-corrected chi connectivity index (χ0v) is 21.2. The van der Waals surface area contributed by atoms with Crippen LogP contribution < -0.4 is 50.6 Å². The second-order valence-electron chi connectivity index (χ2n) is 7.30. The first-order chi connectivity index (χ1) is 14.4. The van der Waals surface area contributed by atoms with Gasteiger partial charge in [-0.2, -0.15) is 0 Å². The predicted octanol–water partition coefficient (Wildman–Crippen LogP) is -1.21. The van der Waals surface area contributed by atoms with Crippen LogP contribution in [0.3, 0.4) is 0 Å². The summed E-state index contributed by atoms with van der Waals surface area (Å²) in [5.41, 5.74) is 0. The molecule has 12 heteroatoms. The molecule has 0 saturated heterocycles. The van der Waals surface area contributed by atoms with Crippen molar-refractivity contribution >= 4 is 40.9 Å². The summed E-state index contributed by atoms with van der Waals surface area (Å²) < 4.78 is 0. The molecule has 0 heterocycles. The summed E-state index contributed by atoms with van der Waals surface area (Å²) in [5.74, 6) is -5.11. The van der Waals surface area contributed by atoms with E-state index in [0.29, 0.717) is 0 Å². The average molecular weight is 560 g/mol. The molecule has 222 valence electrons. The van der Waals surface area contributed by atoms with Gasteiger partial charge in [-0.05, 0) is 47.1 Å². The summed E-state index contributed by atoms with van der Waals surface area (Å²) in [6.45, 7) is 3.95. The topological polar surface area (TPSA) is 179 Å². The van der Waals surface area contributed by atoms with Crippen LogP contribution in [0.4, 0.5) is 0 Å². The maximum atomic E-state index is 12.7. The number of carboxylic acid groups (broad SMARTS) is 1. The van der Waals surface area contributed by atoms with E-state index in [4.69, 9.17) is 0 Å². The Morgan fingerprint density at radius 1 is 0.605 bits per heavy atom. The number of nitrogens with one attached hydrogen (secondary N) is 3. The summed E-state index contributed by atoms with van der Waals surface area (Å²) in [6, 6.07) is -3.05. The fourth-order valence-electron chi connectivity index (χ4n) is 2.67. The van der Waals surface area contributed by atoms with Crippen molar-refractivity contribution in [3.8, 4) is 0 Å². The van der Waals surface area contributed by atoms with Crippen LogP contribution in [0.1, 0.15) is 104 Å². The first-order valence-electron chi connectivity index (χ1n) is 9.90. The summed E-state index contributed by atoms with van der Waals surface area (Å²) >= 11 is 0. The van der Waals surface area contributed by atoms with E-state index >= 15 is 0 Å². The quantitative estimate of drug-likeness (QED) is 0.155. The summed E-state index contributed by atoms with van der Waals surface area (Å²) in [6.07, 6.45) is -0.436. The van der Waals surface area contributed by atoms with Gasteiger partial charge < -0.3 is 35.4 Å². The van der Waals surface area contributed by atoms with E-state index in [0.717, 1.165) is 0 Å². The molecular formula is C26H54N3NaO8. The third-order valence-corrected chi connectivity index (χ3v) is 4.56. The molecule has 3 unspecified atom stereocenters. The average Bonchev–Trinajstić information content (AvgIpc) is 2.67. The zero-order chi connectivity index (χ0) is 24.1. The van der Waals surface area contributed by atoms with Crippen LogP contribution in [0, 0.1) is 0 Å². The molecule has 0 aliphatic heterocycles. The van der Waals surface area contributed by atoms with Crippen molar-refractivity contribution in [3.63, 3.8) is 0 Å². The van der Waals surface area contributed by atoms with Crippen LogP contribution in [0.2, 0.25) is 0 Å². The number of likely N-dealkylation sites (N-methyl/N-ethyl adjacent to an activating group) is 1. The van der Waals surface area contributed by atoms with Crippen molar-refractivity contribution in [2.45, 2.75) is 122 Å². The molecule has 38 heavy (non-hydrogen) atoms. The Morgan fingerprint density at radius 2 is 0.947 bits per heavy atom. The van der Waals surface area contributed by atoms with Crippen molar-refractivity contribution in [1.29, 1.82) is 0 Å². The molecule has 0 bridgehead atoms. The van der Waals surface area contributed by atoms with Gasteiger partial charge in [0.05, 0.1) is 12.1 Å². The zero-order valence-electron chi connectivity index (χ0n) is 19.2. The Bertz CT molecular complexity index is 729. The molecule has 3 N–H and O–H groups in total. The first-order valence-corrected chi connectivity index (χ1v) is 9.90. The standard InChI is InChI=1S/C20H31N3O8.6CH4.Na/c1-11(24)5-7-14(13(3)26)22-19(29)16(8-6-12(2)25)23-18(28)15(21-4)9-10-17(27)20(30)31;;;;;;;/h14-16,21H,5-10H2,1-4H3,(H,22,29)(H,23,28)(H,30,31);6*1H4;/q;;;;;;;+1/p-1. The minimum absolute atomic E-state index is 0. The van der Waals surface area contributed by atoms with Crippen LogP contribution in [-0.2, 0) is 33.6 Å². The van der Waals surface area contributed by atoms with Gasteiger partial charge in [0, 0.05) is 19.3 Å². The number of aliphatic carboxylic acids is 1. The van der Waals surface area contributed by atoms with Crippen molar-refractivity contribution in [2.24, 2.45) is 0 Å². The number of rotatable bonds is 16. The molecule has 3 atom stereocenters. The molecule has 0 rings (SSSR count). The van der Waals surface area contributed by atoms with Gasteiger partial charge in [0.25, 0.3) is 0 Å². The molecule has 0 aromatic heterocycles. The monoisotopic (exact) mass is 559 g/mol. The number of Topliss-reactive ketones (excluding diaryl/α,β-unsaturated/α-hetero) is 4. The van der Waals surface area contributed by atoms with E-state index in [2.05, 4.69) is 16.0 Å². The molecule has 0 aromatic carbocycles. The number of carbonyl (C=O) groups is 7. The molecule has 0 aliphatic carbocycles. The van der Waals surface area contributed by atoms with Gasteiger partial charge in [-0.15, -0.1) is 0 Å². The van der Waals surface area contributed by atoms with Crippen molar-refractivity contribution in [1.82, 2.24) is 16.0 Å². The Labute approximate surface area is 253 Å². The Balaban J connectivity index is -0.000000214. The molecule has 0 saturated carbocycles. The summed E-state index contributed by atoms with van der Waals surface area (Å²) in [5, 5.41) is 18.1. The van der Waals surface area contributed by atoms with Gasteiger partial charge >= 0.3 is 29.6 Å². The number of carboxylic acids is 1. The maximum absolute atomic E-state index is 12.7. The van der Waals surface area contributed by atoms with Gasteiger partial charge in [-0.3, -0.25) is 19.2 Å². The van der Waals surface area contributed by atoms with E-state index in [1.807, 2.05) is 0 Å². The minimum Gasteiger partial charge on any atom is -0.542 e. The van der Waals surface area contributed by atoms with Crippen LogP contribution in [0.25, 0.3) is 0 Å². The van der Waals surface area contributed by atoms with Gasteiger partial charge in [0.15, 0.2) is 11.6 Å². The molecular weight excluding hydrogens is 505 g/mol. The van der Waals surface area contributed by atoms with Gasteiger partial charge in [0.2, 0.25) is 11.8 Å². The molecule has 11 nitrogen and oxygen atoms in total. The second-order valence-corrected chi connectivity index (χ2v) is 7.30. The largest absolute Gasteiger partial charge is 1.00 e. The normalized spacial score (nSPS) is 10.9. The Morgan fingerprint density at radius 3 is 1.29 bits per heavy atom. The van der Waals surface area contributed by atoms with E-state index in [-0.39, 0.29) is 124 Å². The van der Waals surface area contributed by atoms with Crippen molar-refractivity contribution in [2.75, 3.05) is 7.05 Å². The summed E-state index contributed by atoms with van der Waals surface area (Å²) in [4.78, 5) is 81.3. The number of ketones is 4. The molecule has 0 fully saturated rings. The van der Waals surface area contributed by atoms with Crippen LogP contribution in [0.5, 0.6) is 0 Å².